The van der Waals surface area contributed by atoms with Gasteiger partial charge in [0.1, 0.15) is 11.5 Å². The van der Waals surface area contributed by atoms with Crippen LogP contribution in [0.25, 0.3) is 0 Å². The predicted molar refractivity (Wildman–Crippen MR) is 81.4 cm³/mol. The molecule has 4 N–H and O–H groups in total. The summed E-state index contributed by atoms with van der Waals surface area (Å²) in [6.07, 6.45) is 0.399. The van der Waals surface area contributed by atoms with E-state index in [1.54, 1.807) is 55.6 Å². The molecule has 2 aromatic carbocycles. The van der Waals surface area contributed by atoms with E-state index in [1.807, 2.05) is 0 Å². The molecule has 0 spiro atoms. The van der Waals surface area contributed by atoms with Crippen molar-refractivity contribution in [2.24, 2.45) is 5.73 Å². The van der Waals surface area contributed by atoms with E-state index >= 15 is 0 Å². The van der Waals surface area contributed by atoms with Crippen molar-refractivity contribution in [2.45, 2.75) is 12.5 Å². The lowest BCUT2D eigenvalue weighted by atomic mass is 10.1. The summed E-state index contributed by atoms with van der Waals surface area (Å²) >= 11 is 0. The summed E-state index contributed by atoms with van der Waals surface area (Å²) in [6.45, 7) is 0. The number of carbonyl (C=O) groups excluding carboxylic acids is 1. The number of rotatable bonds is 5. The third-order valence-corrected chi connectivity index (χ3v) is 3.07. The maximum Gasteiger partial charge on any atom is 0.241 e. The van der Waals surface area contributed by atoms with Crippen LogP contribution in [0, 0.1) is 0 Å². The zero-order valence-electron chi connectivity index (χ0n) is 11.7. The van der Waals surface area contributed by atoms with Gasteiger partial charge in [0.2, 0.25) is 5.91 Å². The standard InChI is InChI=1S/C16H18N2O3/c1-21-14-4-2-3-12(10-14)18-16(20)15(17)9-11-5-7-13(19)8-6-11/h2-8,10,15,19H,9,17H2,1H3,(H,18,20)/t15-/m0/s1. The molecule has 110 valence electrons. The van der Waals surface area contributed by atoms with Crippen molar-refractivity contribution in [3.8, 4) is 11.5 Å². The van der Waals surface area contributed by atoms with Crippen LogP contribution < -0.4 is 15.8 Å². The van der Waals surface area contributed by atoms with Crippen LogP contribution in [0.4, 0.5) is 5.69 Å². The minimum atomic E-state index is -0.666. The Hall–Kier alpha value is -2.53. The Balaban J connectivity index is 1.97. The van der Waals surface area contributed by atoms with Crippen LogP contribution in [-0.4, -0.2) is 24.2 Å². The van der Waals surface area contributed by atoms with E-state index in [1.165, 1.54) is 0 Å². The molecular weight excluding hydrogens is 268 g/mol. The second-order valence-electron chi connectivity index (χ2n) is 4.70. The number of benzene rings is 2. The molecule has 0 heterocycles. The van der Waals surface area contributed by atoms with Crippen molar-refractivity contribution in [2.75, 3.05) is 12.4 Å². The number of anilines is 1. The topological polar surface area (TPSA) is 84.6 Å². The lowest BCUT2D eigenvalue weighted by Gasteiger charge is -2.13. The van der Waals surface area contributed by atoms with Gasteiger partial charge in [-0.2, -0.15) is 0 Å². The van der Waals surface area contributed by atoms with Crippen LogP contribution in [0.3, 0.4) is 0 Å². The summed E-state index contributed by atoms with van der Waals surface area (Å²) in [5.74, 6) is 0.587. The maximum absolute atomic E-state index is 12.1. The Morgan fingerprint density at radius 2 is 2.00 bits per heavy atom. The second kappa shape index (κ2) is 6.76. The molecule has 2 aromatic rings. The minimum absolute atomic E-state index is 0.188. The summed E-state index contributed by atoms with van der Waals surface area (Å²) in [5.41, 5.74) is 7.43. The van der Waals surface area contributed by atoms with Gasteiger partial charge in [0.05, 0.1) is 13.2 Å². The van der Waals surface area contributed by atoms with E-state index in [2.05, 4.69) is 5.32 Å². The van der Waals surface area contributed by atoms with Crippen LogP contribution in [0.2, 0.25) is 0 Å². The molecule has 5 heteroatoms. The van der Waals surface area contributed by atoms with Crippen LogP contribution >= 0.6 is 0 Å². The first-order valence-corrected chi connectivity index (χ1v) is 6.57. The molecule has 0 aliphatic rings. The summed E-state index contributed by atoms with van der Waals surface area (Å²) in [6, 6.07) is 13.1. The molecular formula is C16H18N2O3. The van der Waals surface area contributed by atoms with Gasteiger partial charge in [0.15, 0.2) is 0 Å². The minimum Gasteiger partial charge on any atom is -0.508 e. The zero-order chi connectivity index (χ0) is 15.2. The molecule has 0 aliphatic carbocycles. The number of hydrogen-bond acceptors (Lipinski definition) is 4. The summed E-state index contributed by atoms with van der Waals surface area (Å²) < 4.78 is 5.10. The molecule has 2 rings (SSSR count). The third kappa shape index (κ3) is 4.22. The fourth-order valence-electron chi connectivity index (χ4n) is 1.91. The Morgan fingerprint density at radius 3 is 2.67 bits per heavy atom. The molecule has 0 aliphatic heterocycles. The van der Waals surface area contributed by atoms with Crippen molar-refractivity contribution in [3.63, 3.8) is 0 Å². The van der Waals surface area contributed by atoms with Gasteiger partial charge in [0.25, 0.3) is 0 Å². The number of aromatic hydroxyl groups is 1. The van der Waals surface area contributed by atoms with E-state index in [0.29, 0.717) is 17.9 Å². The Kier molecular flexibility index (Phi) is 4.79. The monoisotopic (exact) mass is 286 g/mol. The number of phenolic OH excluding ortho intramolecular Hbond substituents is 1. The molecule has 5 nitrogen and oxygen atoms in total. The molecule has 0 aromatic heterocycles. The lowest BCUT2D eigenvalue weighted by molar-refractivity contribution is -0.117. The quantitative estimate of drug-likeness (QED) is 0.784. The predicted octanol–water partition coefficient (Wildman–Crippen LogP) is 1.91. The average Bonchev–Trinajstić information content (AvgIpc) is 2.49. The smallest absolute Gasteiger partial charge is 0.241 e. The van der Waals surface area contributed by atoms with Crippen molar-refractivity contribution in [1.29, 1.82) is 0 Å². The molecule has 21 heavy (non-hydrogen) atoms. The molecule has 0 saturated heterocycles. The van der Waals surface area contributed by atoms with Crippen molar-refractivity contribution in [1.82, 2.24) is 0 Å². The fraction of sp³-hybridized carbons (Fsp3) is 0.188. The van der Waals surface area contributed by atoms with Crippen LogP contribution in [0.15, 0.2) is 48.5 Å². The molecule has 1 amide bonds. The summed E-state index contributed by atoms with van der Waals surface area (Å²) in [7, 11) is 1.57. The molecule has 1 atom stereocenters. The maximum atomic E-state index is 12.1. The number of nitrogens with two attached hydrogens (primary N) is 1. The van der Waals surface area contributed by atoms with Crippen LogP contribution in [0.1, 0.15) is 5.56 Å². The van der Waals surface area contributed by atoms with Gasteiger partial charge in [-0.25, -0.2) is 0 Å². The number of carbonyl (C=O) groups is 1. The van der Waals surface area contributed by atoms with E-state index in [4.69, 9.17) is 10.5 Å². The summed E-state index contributed by atoms with van der Waals surface area (Å²) in [4.78, 5) is 12.1. The van der Waals surface area contributed by atoms with Crippen LogP contribution in [-0.2, 0) is 11.2 Å². The van der Waals surface area contributed by atoms with Crippen LogP contribution in [0.5, 0.6) is 11.5 Å². The van der Waals surface area contributed by atoms with Crippen molar-refractivity contribution >= 4 is 11.6 Å². The number of ether oxygens (including phenoxy) is 1. The van der Waals surface area contributed by atoms with Gasteiger partial charge in [-0.1, -0.05) is 18.2 Å². The van der Waals surface area contributed by atoms with E-state index in [-0.39, 0.29) is 11.7 Å². The fourth-order valence-corrected chi connectivity index (χ4v) is 1.91. The first-order chi connectivity index (χ1) is 10.1. The van der Waals surface area contributed by atoms with Gasteiger partial charge in [-0.15, -0.1) is 0 Å². The number of phenols is 1. The number of nitrogens with one attached hydrogen (secondary N) is 1. The first-order valence-electron chi connectivity index (χ1n) is 6.57. The highest BCUT2D eigenvalue weighted by Crippen LogP contribution is 2.17. The Morgan fingerprint density at radius 1 is 1.29 bits per heavy atom. The normalized spacial score (nSPS) is 11.7. The molecule has 0 radical (unpaired) electrons. The van der Waals surface area contributed by atoms with Gasteiger partial charge in [0, 0.05) is 11.8 Å². The largest absolute Gasteiger partial charge is 0.508 e. The molecule has 0 bridgehead atoms. The SMILES string of the molecule is COc1cccc(NC(=O)[C@@H](N)Cc2ccc(O)cc2)c1. The van der Waals surface area contributed by atoms with Gasteiger partial charge < -0.3 is 20.9 Å². The first kappa shape index (κ1) is 14.9. The van der Waals surface area contributed by atoms with E-state index < -0.39 is 6.04 Å². The number of amides is 1. The van der Waals surface area contributed by atoms with Gasteiger partial charge >= 0.3 is 0 Å². The van der Waals surface area contributed by atoms with E-state index in [9.17, 15) is 9.90 Å². The molecule has 0 saturated carbocycles. The molecule has 0 fully saturated rings. The highest BCUT2D eigenvalue weighted by molar-refractivity contribution is 5.95. The summed E-state index contributed by atoms with van der Waals surface area (Å²) in [5, 5.41) is 12.0. The number of methoxy groups -OCH3 is 1. The lowest BCUT2D eigenvalue weighted by Crippen LogP contribution is -2.37. The number of hydrogen-bond donors (Lipinski definition) is 3. The Labute approximate surface area is 123 Å². The average molecular weight is 286 g/mol. The second-order valence-corrected chi connectivity index (χ2v) is 4.70. The third-order valence-electron chi connectivity index (χ3n) is 3.07. The van der Waals surface area contributed by atoms with Crippen molar-refractivity contribution in [3.05, 3.63) is 54.1 Å². The van der Waals surface area contributed by atoms with Gasteiger partial charge in [-0.3, -0.25) is 4.79 Å². The molecule has 0 unspecified atom stereocenters. The highest BCUT2D eigenvalue weighted by Gasteiger charge is 2.14. The van der Waals surface area contributed by atoms with Crippen molar-refractivity contribution < 1.29 is 14.6 Å². The Bertz CT molecular complexity index is 611. The highest BCUT2D eigenvalue weighted by atomic mass is 16.5. The van der Waals surface area contributed by atoms with Gasteiger partial charge in [-0.05, 0) is 36.2 Å². The zero-order valence-corrected chi connectivity index (χ0v) is 11.7. The van der Waals surface area contributed by atoms with E-state index in [0.717, 1.165) is 5.56 Å².